The van der Waals surface area contributed by atoms with E-state index in [0.717, 1.165) is 18.7 Å². The Labute approximate surface area is 88.5 Å². The van der Waals surface area contributed by atoms with E-state index < -0.39 is 5.38 Å². The van der Waals surface area contributed by atoms with Crippen LogP contribution in [-0.4, -0.2) is 17.8 Å². The zero-order chi connectivity index (χ0) is 10.1. The lowest BCUT2D eigenvalue weighted by molar-refractivity contribution is -0.117. The van der Waals surface area contributed by atoms with Crippen molar-refractivity contribution in [2.45, 2.75) is 18.7 Å². The molecule has 0 aliphatic carbocycles. The fraction of sp³-hybridized carbons (Fsp3) is 0.364. The van der Waals surface area contributed by atoms with E-state index in [0.29, 0.717) is 0 Å². The number of hydrogen-bond acceptors (Lipinski definition) is 1. The summed E-state index contributed by atoms with van der Waals surface area (Å²) in [4.78, 5) is 13.5. The summed E-state index contributed by atoms with van der Waals surface area (Å²) in [7, 11) is 0. The van der Waals surface area contributed by atoms with Crippen LogP contribution in [0.25, 0.3) is 0 Å². The van der Waals surface area contributed by atoms with Crippen molar-refractivity contribution < 1.29 is 4.79 Å². The van der Waals surface area contributed by atoms with Gasteiger partial charge in [0.15, 0.2) is 0 Å². The van der Waals surface area contributed by atoms with Crippen molar-refractivity contribution in [1.82, 2.24) is 0 Å². The Morgan fingerprint density at radius 1 is 1.50 bits per heavy atom. The van der Waals surface area contributed by atoms with E-state index in [-0.39, 0.29) is 5.91 Å². The monoisotopic (exact) mass is 209 g/mol. The lowest BCUT2D eigenvalue weighted by Gasteiger charge is -2.18. The van der Waals surface area contributed by atoms with Crippen molar-refractivity contribution in [3.8, 4) is 0 Å². The molecule has 1 aromatic carbocycles. The van der Waals surface area contributed by atoms with Crippen LogP contribution in [0.5, 0.6) is 0 Å². The number of fused-ring (bicyclic) bond motifs is 1. The number of carbonyl (C=O) groups is 1. The summed E-state index contributed by atoms with van der Waals surface area (Å²) in [6.07, 6.45) is 0.936. The van der Waals surface area contributed by atoms with E-state index in [1.54, 1.807) is 11.8 Å². The first-order valence-corrected chi connectivity index (χ1v) is 5.17. The van der Waals surface area contributed by atoms with E-state index in [4.69, 9.17) is 11.6 Å². The van der Waals surface area contributed by atoms with Crippen molar-refractivity contribution in [3.05, 3.63) is 29.8 Å². The van der Waals surface area contributed by atoms with E-state index >= 15 is 0 Å². The number of para-hydroxylation sites is 1. The molecule has 1 atom stereocenters. The number of halogens is 1. The molecular formula is C11H12ClNO. The van der Waals surface area contributed by atoms with Crippen molar-refractivity contribution in [2.75, 3.05) is 11.4 Å². The van der Waals surface area contributed by atoms with Gasteiger partial charge in [0.1, 0.15) is 5.38 Å². The van der Waals surface area contributed by atoms with Crippen LogP contribution in [0, 0.1) is 0 Å². The van der Waals surface area contributed by atoms with E-state index in [2.05, 4.69) is 6.07 Å². The summed E-state index contributed by atoms with van der Waals surface area (Å²) >= 11 is 5.78. The quantitative estimate of drug-likeness (QED) is 0.650. The lowest BCUT2D eigenvalue weighted by atomic mass is 10.2. The fourth-order valence-corrected chi connectivity index (χ4v) is 1.90. The molecule has 0 spiro atoms. The van der Waals surface area contributed by atoms with Gasteiger partial charge in [0.25, 0.3) is 0 Å². The van der Waals surface area contributed by atoms with Gasteiger partial charge in [-0.2, -0.15) is 0 Å². The second kappa shape index (κ2) is 3.62. The summed E-state index contributed by atoms with van der Waals surface area (Å²) in [5.41, 5.74) is 2.25. The maximum atomic E-state index is 11.7. The van der Waals surface area contributed by atoms with Gasteiger partial charge >= 0.3 is 0 Å². The molecule has 14 heavy (non-hydrogen) atoms. The summed E-state index contributed by atoms with van der Waals surface area (Å²) in [5, 5.41) is -0.443. The molecule has 0 N–H and O–H groups in total. The number of alkyl halides is 1. The maximum absolute atomic E-state index is 11.7. The minimum atomic E-state index is -0.443. The molecule has 0 saturated carbocycles. The van der Waals surface area contributed by atoms with Crippen molar-refractivity contribution in [3.63, 3.8) is 0 Å². The Bertz CT molecular complexity index is 362. The molecule has 2 rings (SSSR count). The summed E-state index contributed by atoms with van der Waals surface area (Å²) in [6.45, 7) is 2.47. The molecule has 3 heteroatoms. The molecule has 0 fully saturated rings. The van der Waals surface area contributed by atoms with Crippen LogP contribution in [-0.2, 0) is 11.2 Å². The number of carbonyl (C=O) groups excluding carboxylic acids is 1. The van der Waals surface area contributed by atoms with Gasteiger partial charge in [-0.05, 0) is 25.0 Å². The fourth-order valence-electron chi connectivity index (χ4n) is 1.78. The Balaban J connectivity index is 2.30. The van der Waals surface area contributed by atoms with Gasteiger partial charge in [0, 0.05) is 12.2 Å². The molecule has 1 amide bonds. The van der Waals surface area contributed by atoms with Crippen molar-refractivity contribution in [1.29, 1.82) is 0 Å². The lowest BCUT2D eigenvalue weighted by Crippen LogP contribution is -2.34. The van der Waals surface area contributed by atoms with Gasteiger partial charge in [-0.1, -0.05) is 18.2 Å². The second-order valence-corrected chi connectivity index (χ2v) is 4.14. The number of rotatable bonds is 1. The number of benzene rings is 1. The third-order valence-corrected chi connectivity index (χ3v) is 2.68. The smallest absolute Gasteiger partial charge is 0.244 e. The topological polar surface area (TPSA) is 20.3 Å². The zero-order valence-corrected chi connectivity index (χ0v) is 8.79. The van der Waals surface area contributed by atoms with Crippen LogP contribution in [0.15, 0.2) is 24.3 Å². The molecule has 1 heterocycles. The Hall–Kier alpha value is -1.02. The van der Waals surface area contributed by atoms with Gasteiger partial charge in [-0.3, -0.25) is 4.79 Å². The molecule has 1 aliphatic heterocycles. The van der Waals surface area contributed by atoms with Gasteiger partial charge in [-0.25, -0.2) is 0 Å². The maximum Gasteiger partial charge on any atom is 0.244 e. The molecular weight excluding hydrogens is 198 g/mol. The van der Waals surface area contributed by atoms with E-state index in [1.165, 1.54) is 5.56 Å². The average Bonchev–Trinajstić information content (AvgIpc) is 2.60. The zero-order valence-electron chi connectivity index (χ0n) is 8.03. The highest BCUT2D eigenvalue weighted by Crippen LogP contribution is 2.28. The summed E-state index contributed by atoms with van der Waals surface area (Å²) in [6, 6.07) is 7.97. The molecule has 2 nitrogen and oxygen atoms in total. The van der Waals surface area contributed by atoms with Crippen molar-refractivity contribution >= 4 is 23.2 Å². The summed E-state index contributed by atoms with van der Waals surface area (Å²) < 4.78 is 0. The molecule has 0 bridgehead atoms. The van der Waals surface area contributed by atoms with E-state index in [1.807, 2.05) is 18.2 Å². The molecule has 0 unspecified atom stereocenters. The largest absolute Gasteiger partial charge is 0.311 e. The first-order chi connectivity index (χ1) is 6.70. The highest BCUT2D eigenvalue weighted by atomic mass is 35.5. The van der Waals surface area contributed by atoms with Gasteiger partial charge in [0.2, 0.25) is 5.91 Å². The number of nitrogens with zero attached hydrogens (tertiary/aromatic N) is 1. The average molecular weight is 210 g/mol. The molecule has 74 valence electrons. The molecule has 0 aromatic heterocycles. The minimum Gasteiger partial charge on any atom is -0.311 e. The number of amides is 1. The second-order valence-electron chi connectivity index (χ2n) is 3.48. The highest BCUT2D eigenvalue weighted by molar-refractivity contribution is 6.32. The van der Waals surface area contributed by atoms with Gasteiger partial charge in [-0.15, -0.1) is 11.6 Å². The number of hydrogen-bond donors (Lipinski definition) is 0. The standard InChI is InChI=1S/C11H12ClNO/c1-8(12)11(14)13-7-6-9-4-2-3-5-10(9)13/h2-5,8H,6-7H2,1H3/t8-/m1/s1. The van der Waals surface area contributed by atoms with E-state index in [9.17, 15) is 4.79 Å². The van der Waals surface area contributed by atoms with Gasteiger partial charge in [0.05, 0.1) is 0 Å². The Morgan fingerprint density at radius 3 is 2.93 bits per heavy atom. The first-order valence-electron chi connectivity index (χ1n) is 4.73. The predicted octanol–water partition coefficient (Wildman–Crippen LogP) is 2.20. The molecule has 1 aliphatic rings. The van der Waals surface area contributed by atoms with Crippen LogP contribution in [0.4, 0.5) is 5.69 Å². The highest BCUT2D eigenvalue weighted by Gasteiger charge is 2.26. The van der Waals surface area contributed by atoms with Crippen LogP contribution in [0.2, 0.25) is 0 Å². The predicted molar refractivity (Wildman–Crippen MR) is 57.8 cm³/mol. The molecule has 1 aromatic rings. The molecule has 0 saturated heterocycles. The first kappa shape index (κ1) is 9.53. The third-order valence-electron chi connectivity index (χ3n) is 2.49. The van der Waals surface area contributed by atoms with Crippen LogP contribution in [0.1, 0.15) is 12.5 Å². The summed E-state index contributed by atoms with van der Waals surface area (Å²) in [5.74, 6) is -0.00313. The normalized spacial score (nSPS) is 16.6. The van der Waals surface area contributed by atoms with Crippen LogP contribution >= 0.6 is 11.6 Å². The SMILES string of the molecule is C[C@@H](Cl)C(=O)N1CCc2ccccc21. The Morgan fingerprint density at radius 2 is 2.21 bits per heavy atom. The third kappa shape index (κ3) is 1.50. The minimum absolute atomic E-state index is 0.00313. The number of anilines is 1. The van der Waals surface area contributed by atoms with Gasteiger partial charge < -0.3 is 4.90 Å². The molecule has 0 radical (unpaired) electrons. The van der Waals surface area contributed by atoms with Crippen molar-refractivity contribution in [2.24, 2.45) is 0 Å². The van der Waals surface area contributed by atoms with Crippen LogP contribution in [0.3, 0.4) is 0 Å². The Kier molecular flexibility index (Phi) is 2.46. The van der Waals surface area contributed by atoms with Crippen LogP contribution < -0.4 is 4.90 Å².